The summed E-state index contributed by atoms with van der Waals surface area (Å²) >= 11 is 0. The molecule has 0 aromatic rings. The molecular formula is C11H23N. The van der Waals surface area contributed by atoms with Crippen molar-refractivity contribution >= 4 is 0 Å². The van der Waals surface area contributed by atoms with Gasteiger partial charge in [0.1, 0.15) is 0 Å². The molecule has 1 unspecified atom stereocenters. The van der Waals surface area contributed by atoms with Gasteiger partial charge >= 0.3 is 0 Å². The predicted octanol–water partition coefficient (Wildman–Crippen LogP) is 3.11. The van der Waals surface area contributed by atoms with Crippen molar-refractivity contribution in [2.75, 3.05) is 0 Å². The molecule has 0 aliphatic heterocycles. The van der Waals surface area contributed by atoms with Crippen molar-refractivity contribution in [1.82, 2.24) is 0 Å². The van der Waals surface area contributed by atoms with E-state index in [1.807, 2.05) is 6.08 Å². The maximum absolute atomic E-state index is 6.01. The average Bonchev–Trinajstić information content (AvgIpc) is 2.11. The van der Waals surface area contributed by atoms with Crippen LogP contribution in [0, 0.1) is 5.92 Å². The molecule has 0 fully saturated rings. The van der Waals surface area contributed by atoms with Crippen molar-refractivity contribution in [3.8, 4) is 0 Å². The van der Waals surface area contributed by atoms with Crippen molar-refractivity contribution < 1.29 is 0 Å². The third-order valence-electron chi connectivity index (χ3n) is 2.48. The van der Waals surface area contributed by atoms with Gasteiger partial charge in [-0.05, 0) is 31.6 Å². The van der Waals surface area contributed by atoms with E-state index < -0.39 is 0 Å². The van der Waals surface area contributed by atoms with Gasteiger partial charge in [0.2, 0.25) is 0 Å². The number of allylic oxidation sites excluding steroid dienone is 1. The average molecular weight is 169 g/mol. The quantitative estimate of drug-likeness (QED) is 0.582. The molecule has 1 nitrogen and oxygen atoms in total. The Kier molecular flexibility index (Phi) is 7.17. The van der Waals surface area contributed by atoms with Crippen LogP contribution in [0.25, 0.3) is 0 Å². The van der Waals surface area contributed by atoms with Crippen LogP contribution >= 0.6 is 0 Å². The molecule has 0 aliphatic carbocycles. The van der Waals surface area contributed by atoms with Gasteiger partial charge in [-0.1, -0.05) is 26.3 Å². The Labute approximate surface area is 77.0 Å². The zero-order valence-corrected chi connectivity index (χ0v) is 8.55. The standard InChI is InChI=1S/C11H23N/c1-4-7-9-10(8-5-2)11(12)6-3/h4,10-11H,1,5-9,12H2,2-3H3/t10?,11-/m0/s1. The molecule has 72 valence electrons. The Hall–Kier alpha value is -0.300. The third-order valence-corrected chi connectivity index (χ3v) is 2.48. The lowest BCUT2D eigenvalue weighted by atomic mass is 9.89. The number of hydrogen-bond acceptors (Lipinski definition) is 1. The van der Waals surface area contributed by atoms with E-state index in [0.717, 1.165) is 12.8 Å². The molecule has 0 aromatic carbocycles. The van der Waals surface area contributed by atoms with Gasteiger partial charge in [0, 0.05) is 6.04 Å². The van der Waals surface area contributed by atoms with E-state index in [-0.39, 0.29) is 0 Å². The Balaban J connectivity index is 3.75. The smallest absolute Gasteiger partial charge is 0.00646 e. The van der Waals surface area contributed by atoms with Crippen LogP contribution in [0.5, 0.6) is 0 Å². The van der Waals surface area contributed by atoms with E-state index in [9.17, 15) is 0 Å². The molecule has 0 aromatic heterocycles. The Morgan fingerprint density at radius 1 is 1.33 bits per heavy atom. The summed E-state index contributed by atoms with van der Waals surface area (Å²) in [7, 11) is 0. The van der Waals surface area contributed by atoms with E-state index >= 15 is 0 Å². The van der Waals surface area contributed by atoms with Gasteiger partial charge < -0.3 is 5.73 Å². The van der Waals surface area contributed by atoms with Gasteiger partial charge in [-0.2, -0.15) is 0 Å². The van der Waals surface area contributed by atoms with Crippen molar-refractivity contribution in [2.24, 2.45) is 11.7 Å². The van der Waals surface area contributed by atoms with Crippen LogP contribution in [0.2, 0.25) is 0 Å². The number of rotatable bonds is 7. The first-order valence-corrected chi connectivity index (χ1v) is 5.12. The largest absolute Gasteiger partial charge is 0.327 e. The topological polar surface area (TPSA) is 26.0 Å². The molecule has 0 spiro atoms. The van der Waals surface area contributed by atoms with Crippen LogP contribution in [0.3, 0.4) is 0 Å². The van der Waals surface area contributed by atoms with Crippen LogP contribution < -0.4 is 5.73 Å². The van der Waals surface area contributed by atoms with E-state index in [1.54, 1.807) is 0 Å². The summed E-state index contributed by atoms with van der Waals surface area (Å²) in [6, 6.07) is 0.393. The Morgan fingerprint density at radius 2 is 2.00 bits per heavy atom. The van der Waals surface area contributed by atoms with Gasteiger partial charge in [0.05, 0.1) is 0 Å². The molecule has 0 saturated carbocycles. The lowest BCUT2D eigenvalue weighted by molar-refractivity contribution is 0.360. The molecule has 0 bridgehead atoms. The number of nitrogens with two attached hydrogens (primary N) is 1. The second kappa shape index (κ2) is 7.35. The van der Waals surface area contributed by atoms with Crippen LogP contribution in [0.15, 0.2) is 12.7 Å². The highest BCUT2D eigenvalue weighted by Gasteiger charge is 2.13. The first-order chi connectivity index (χ1) is 5.76. The molecule has 0 saturated heterocycles. The van der Waals surface area contributed by atoms with Gasteiger partial charge in [0.25, 0.3) is 0 Å². The molecule has 0 rings (SSSR count). The van der Waals surface area contributed by atoms with Gasteiger partial charge in [-0.25, -0.2) is 0 Å². The molecule has 2 atom stereocenters. The summed E-state index contributed by atoms with van der Waals surface area (Å²) in [5, 5.41) is 0. The highest BCUT2D eigenvalue weighted by atomic mass is 14.6. The molecule has 0 amide bonds. The summed E-state index contributed by atoms with van der Waals surface area (Å²) in [6.07, 6.45) is 7.93. The molecule has 12 heavy (non-hydrogen) atoms. The molecule has 2 N–H and O–H groups in total. The molecule has 0 aliphatic rings. The Morgan fingerprint density at radius 3 is 2.42 bits per heavy atom. The second-order valence-electron chi connectivity index (χ2n) is 3.49. The van der Waals surface area contributed by atoms with Gasteiger partial charge in [-0.3, -0.25) is 0 Å². The zero-order valence-electron chi connectivity index (χ0n) is 8.55. The maximum atomic E-state index is 6.01. The molecule has 1 heteroatoms. The summed E-state index contributed by atoms with van der Waals surface area (Å²) < 4.78 is 0. The lowest BCUT2D eigenvalue weighted by Crippen LogP contribution is -2.29. The lowest BCUT2D eigenvalue weighted by Gasteiger charge is -2.21. The SMILES string of the molecule is C=CCCC(CCC)[C@@H](N)CC. The monoisotopic (exact) mass is 169 g/mol. The molecule has 0 heterocycles. The highest BCUT2D eigenvalue weighted by molar-refractivity contribution is 4.75. The van der Waals surface area contributed by atoms with Gasteiger partial charge in [0.15, 0.2) is 0 Å². The minimum atomic E-state index is 0.393. The van der Waals surface area contributed by atoms with Crippen molar-refractivity contribution in [3.05, 3.63) is 12.7 Å². The summed E-state index contributed by atoms with van der Waals surface area (Å²) in [6.45, 7) is 8.13. The zero-order chi connectivity index (χ0) is 9.40. The van der Waals surface area contributed by atoms with E-state index in [1.165, 1.54) is 19.3 Å². The fourth-order valence-electron chi connectivity index (χ4n) is 1.61. The van der Waals surface area contributed by atoms with Gasteiger partial charge in [-0.15, -0.1) is 6.58 Å². The minimum Gasteiger partial charge on any atom is -0.327 e. The van der Waals surface area contributed by atoms with Crippen LogP contribution in [0.4, 0.5) is 0 Å². The second-order valence-corrected chi connectivity index (χ2v) is 3.49. The van der Waals surface area contributed by atoms with E-state index in [0.29, 0.717) is 12.0 Å². The minimum absolute atomic E-state index is 0.393. The Bertz CT molecular complexity index is 110. The maximum Gasteiger partial charge on any atom is 0.00646 e. The normalized spacial score (nSPS) is 15.6. The van der Waals surface area contributed by atoms with Crippen molar-refractivity contribution in [3.63, 3.8) is 0 Å². The van der Waals surface area contributed by atoms with Crippen LogP contribution in [0.1, 0.15) is 46.0 Å². The predicted molar refractivity (Wildman–Crippen MR) is 56.1 cm³/mol. The van der Waals surface area contributed by atoms with Crippen LogP contribution in [-0.2, 0) is 0 Å². The summed E-state index contributed by atoms with van der Waals surface area (Å²) in [4.78, 5) is 0. The van der Waals surface area contributed by atoms with Crippen molar-refractivity contribution in [2.45, 2.75) is 52.0 Å². The first-order valence-electron chi connectivity index (χ1n) is 5.12. The van der Waals surface area contributed by atoms with E-state index in [2.05, 4.69) is 20.4 Å². The van der Waals surface area contributed by atoms with E-state index in [4.69, 9.17) is 5.73 Å². The highest BCUT2D eigenvalue weighted by Crippen LogP contribution is 2.18. The summed E-state index contributed by atoms with van der Waals surface area (Å²) in [5.74, 6) is 0.706. The van der Waals surface area contributed by atoms with Crippen LogP contribution in [-0.4, -0.2) is 6.04 Å². The first kappa shape index (κ1) is 11.7. The molecule has 0 radical (unpaired) electrons. The van der Waals surface area contributed by atoms with Crippen molar-refractivity contribution in [1.29, 1.82) is 0 Å². The fourth-order valence-corrected chi connectivity index (χ4v) is 1.61. The molecular weight excluding hydrogens is 146 g/mol. The summed E-state index contributed by atoms with van der Waals surface area (Å²) in [5.41, 5.74) is 6.01. The number of hydrogen-bond donors (Lipinski definition) is 1. The third kappa shape index (κ3) is 4.55. The fraction of sp³-hybridized carbons (Fsp3) is 0.818.